The van der Waals surface area contributed by atoms with Crippen LogP contribution >= 0.6 is 0 Å². The van der Waals surface area contributed by atoms with E-state index in [2.05, 4.69) is 5.10 Å². The molecule has 1 aliphatic carbocycles. The molecule has 0 unspecified atom stereocenters. The summed E-state index contributed by atoms with van der Waals surface area (Å²) in [7, 11) is 1.61. The van der Waals surface area contributed by atoms with Crippen molar-refractivity contribution in [2.24, 2.45) is 0 Å². The summed E-state index contributed by atoms with van der Waals surface area (Å²) in [4.78, 5) is 0. The average Bonchev–Trinajstić information content (AvgIpc) is 3.10. The second-order valence-corrected chi connectivity index (χ2v) is 5.52. The molecular formula is C14H22N2O4. The fourth-order valence-corrected chi connectivity index (χ4v) is 3.29. The van der Waals surface area contributed by atoms with Gasteiger partial charge in [0, 0.05) is 19.4 Å². The van der Waals surface area contributed by atoms with E-state index in [1.165, 1.54) is 0 Å². The van der Waals surface area contributed by atoms with Gasteiger partial charge in [0.05, 0.1) is 26.5 Å². The molecule has 0 bridgehead atoms. The van der Waals surface area contributed by atoms with Crippen LogP contribution in [0.25, 0.3) is 0 Å². The monoisotopic (exact) mass is 282 g/mol. The lowest BCUT2D eigenvalue weighted by molar-refractivity contribution is -0.205. The third kappa shape index (κ3) is 2.12. The molecule has 1 saturated carbocycles. The van der Waals surface area contributed by atoms with Crippen molar-refractivity contribution < 1.29 is 19.3 Å². The van der Waals surface area contributed by atoms with Crippen LogP contribution in [-0.4, -0.2) is 41.0 Å². The third-order valence-corrected chi connectivity index (χ3v) is 4.42. The van der Waals surface area contributed by atoms with Crippen molar-refractivity contribution in [2.75, 3.05) is 20.3 Å². The Balaban J connectivity index is 1.85. The van der Waals surface area contributed by atoms with E-state index in [9.17, 15) is 5.11 Å². The Morgan fingerprint density at radius 3 is 2.50 bits per heavy atom. The second-order valence-electron chi connectivity index (χ2n) is 5.52. The molecular weight excluding hydrogens is 260 g/mol. The molecule has 1 N–H and O–H groups in total. The van der Waals surface area contributed by atoms with Gasteiger partial charge in [-0.25, -0.2) is 0 Å². The molecule has 1 spiro atoms. The van der Waals surface area contributed by atoms with Crippen LogP contribution in [0.2, 0.25) is 0 Å². The number of aryl methyl sites for hydroxylation is 1. The number of methoxy groups -OCH3 is 1. The topological polar surface area (TPSA) is 65.7 Å². The van der Waals surface area contributed by atoms with Crippen molar-refractivity contribution in [3.8, 4) is 5.75 Å². The average molecular weight is 282 g/mol. The lowest BCUT2D eigenvalue weighted by Gasteiger charge is -2.40. The Morgan fingerprint density at radius 2 is 1.95 bits per heavy atom. The zero-order valence-corrected chi connectivity index (χ0v) is 12.1. The van der Waals surface area contributed by atoms with Crippen LogP contribution in [0, 0.1) is 0 Å². The molecule has 3 rings (SSSR count). The van der Waals surface area contributed by atoms with Gasteiger partial charge in [-0.2, -0.15) is 5.10 Å². The van der Waals surface area contributed by atoms with E-state index in [4.69, 9.17) is 14.2 Å². The molecule has 2 fully saturated rings. The van der Waals surface area contributed by atoms with E-state index in [0.29, 0.717) is 51.2 Å². The Kier molecular flexibility index (Phi) is 3.48. The molecule has 6 heteroatoms. The molecule has 0 radical (unpaired) electrons. The van der Waals surface area contributed by atoms with Crippen LogP contribution in [-0.2, 0) is 21.6 Å². The minimum atomic E-state index is -0.918. The van der Waals surface area contributed by atoms with Gasteiger partial charge in [0.2, 0.25) is 0 Å². The molecule has 1 saturated heterocycles. The molecule has 20 heavy (non-hydrogen) atoms. The van der Waals surface area contributed by atoms with Crippen molar-refractivity contribution in [3.05, 3.63) is 11.9 Å². The summed E-state index contributed by atoms with van der Waals surface area (Å²) in [5, 5.41) is 15.3. The molecule has 2 aliphatic rings. The predicted octanol–water partition coefficient (Wildman–Crippen LogP) is 1.42. The molecule has 1 aliphatic heterocycles. The smallest absolute Gasteiger partial charge is 0.168 e. The number of ether oxygens (including phenoxy) is 3. The quantitative estimate of drug-likeness (QED) is 0.908. The highest BCUT2D eigenvalue weighted by Crippen LogP contribution is 2.46. The number of aromatic nitrogens is 2. The van der Waals surface area contributed by atoms with Crippen molar-refractivity contribution in [3.63, 3.8) is 0 Å². The normalized spacial score (nSPS) is 24.1. The molecule has 6 nitrogen and oxygen atoms in total. The lowest BCUT2D eigenvalue weighted by Crippen LogP contribution is -2.43. The number of hydrogen-bond donors (Lipinski definition) is 1. The standard InChI is InChI=1S/C14H22N2O4/c1-3-16-12(11(18-2)10-15-16)13(17)4-6-14(7-5-13)19-8-9-20-14/h10,17H,3-9H2,1-2H3. The summed E-state index contributed by atoms with van der Waals surface area (Å²) in [5.41, 5.74) is -0.145. The van der Waals surface area contributed by atoms with Crippen molar-refractivity contribution in [1.29, 1.82) is 0 Å². The minimum absolute atomic E-state index is 0.476. The van der Waals surface area contributed by atoms with Gasteiger partial charge >= 0.3 is 0 Å². The first kappa shape index (κ1) is 13.9. The lowest BCUT2D eigenvalue weighted by atomic mass is 9.79. The van der Waals surface area contributed by atoms with Gasteiger partial charge in [-0.3, -0.25) is 4.68 Å². The van der Waals surface area contributed by atoms with Crippen LogP contribution in [0.3, 0.4) is 0 Å². The fourth-order valence-electron chi connectivity index (χ4n) is 3.29. The predicted molar refractivity (Wildman–Crippen MR) is 71.5 cm³/mol. The maximum absolute atomic E-state index is 11.0. The third-order valence-electron chi connectivity index (χ3n) is 4.42. The SMILES string of the molecule is CCn1ncc(OC)c1C1(O)CCC2(CC1)OCCO2. The first-order valence-electron chi connectivity index (χ1n) is 7.23. The molecule has 1 aromatic heterocycles. The number of hydrogen-bond acceptors (Lipinski definition) is 5. The van der Waals surface area contributed by atoms with Crippen LogP contribution < -0.4 is 4.74 Å². The molecule has 112 valence electrons. The van der Waals surface area contributed by atoms with E-state index in [-0.39, 0.29) is 0 Å². The Labute approximate surface area is 118 Å². The summed E-state index contributed by atoms with van der Waals surface area (Å²) in [5.74, 6) is 0.176. The number of aliphatic hydroxyl groups is 1. The van der Waals surface area contributed by atoms with E-state index in [0.717, 1.165) is 5.69 Å². The summed E-state index contributed by atoms with van der Waals surface area (Å²) < 4.78 is 18.6. The summed E-state index contributed by atoms with van der Waals surface area (Å²) in [6.45, 7) is 4.01. The van der Waals surface area contributed by atoms with Gasteiger partial charge in [0.1, 0.15) is 11.3 Å². The summed E-state index contributed by atoms with van der Waals surface area (Å²) in [6, 6.07) is 0. The summed E-state index contributed by atoms with van der Waals surface area (Å²) >= 11 is 0. The zero-order valence-electron chi connectivity index (χ0n) is 12.1. The van der Waals surface area contributed by atoms with E-state index < -0.39 is 11.4 Å². The molecule has 0 atom stereocenters. The Hall–Kier alpha value is -1.11. The molecule has 0 amide bonds. The van der Waals surface area contributed by atoms with Gasteiger partial charge in [0.15, 0.2) is 11.5 Å². The van der Waals surface area contributed by atoms with Crippen LogP contribution in [0.4, 0.5) is 0 Å². The van der Waals surface area contributed by atoms with Crippen molar-refractivity contribution in [1.82, 2.24) is 9.78 Å². The maximum Gasteiger partial charge on any atom is 0.168 e. The Morgan fingerprint density at radius 1 is 1.30 bits per heavy atom. The largest absolute Gasteiger partial charge is 0.493 e. The maximum atomic E-state index is 11.0. The van der Waals surface area contributed by atoms with Gasteiger partial charge in [-0.05, 0) is 19.8 Å². The van der Waals surface area contributed by atoms with Gasteiger partial charge in [-0.1, -0.05) is 0 Å². The van der Waals surface area contributed by atoms with Crippen LogP contribution in [0.15, 0.2) is 6.20 Å². The highest BCUT2D eigenvalue weighted by atomic mass is 16.7. The second kappa shape index (κ2) is 5.02. The first-order chi connectivity index (χ1) is 9.62. The van der Waals surface area contributed by atoms with Crippen LogP contribution in [0.5, 0.6) is 5.75 Å². The Bertz CT molecular complexity index is 448. The van der Waals surface area contributed by atoms with Crippen LogP contribution in [0.1, 0.15) is 38.3 Å². The number of rotatable bonds is 3. The van der Waals surface area contributed by atoms with Crippen molar-refractivity contribution >= 4 is 0 Å². The zero-order chi connectivity index (χ0) is 14.2. The highest BCUT2D eigenvalue weighted by Gasteiger charge is 2.48. The first-order valence-corrected chi connectivity index (χ1v) is 7.23. The number of nitrogens with zero attached hydrogens (tertiary/aromatic N) is 2. The molecule has 2 heterocycles. The highest BCUT2D eigenvalue weighted by molar-refractivity contribution is 5.31. The van der Waals surface area contributed by atoms with E-state index in [1.807, 2.05) is 11.6 Å². The van der Waals surface area contributed by atoms with Crippen molar-refractivity contribution in [2.45, 2.75) is 50.5 Å². The van der Waals surface area contributed by atoms with E-state index >= 15 is 0 Å². The molecule has 0 aromatic carbocycles. The minimum Gasteiger partial charge on any atom is -0.493 e. The molecule has 1 aromatic rings. The van der Waals surface area contributed by atoms with E-state index in [1.54, 1.807) is 13.3 Å². The van der Waals surface area contributed by atoms with Gasteiger partial charge in [0.25, 0.3) is 0 Å². The fraction of sp³-hybridized carbons (Fsp3) is 0.786. The summed E-state index contributed by atoms with van der Waals surface area (Å²) in [6.07, 6.45) is 4.25. The van der Waals surface area contributed by atoms with Gasteiger partial charge in [-0.15, -0.1) is 0 Å². The van der Waals surface area contributed by atoms with Gasteiger partial charge < -0.3 is 19.3 Å².